The van der Waals surface area contributed by atoms with Gasteiger partial charge in [0, 0.05) is 26.2 Å². The van der Waals surface area contributed by atoms with Crippen LogP contribution < -0.4 is 14.2 Å². The van der Waals surface area contributed by atoms with E-state index >= 15 is 0 Å². The maximum atomic E-state index is 11.6. The first-order valence-corrected chi connectivity index (χ1v) is 7.90. The lowest BCUT2D eigenvalue weighted by molar-refractivity contribution is -0.135. The number of carbonyl (C=O) groups is 3. The molecule has 26 heavy (non-hydrogen) atoms. The molecule has 0 aliphatic carbocycles. The lowest BCUT2D eigenvalue weighted by atomic mass is 10.0. The van der Waals surface area contributed by atoms with Crippen molar-refractivity contribution in [2.45, 2.75) is 20.8 Å². The van der Waals surface area contributed by atoms with Gasteiger partial charge < -0.3 is 14.2 Å². The topological polar surface area (TPSA) is 78.9 Å². The Balaban J connectivity index is 2.39. The summed E-state index contributed by atoms with van der Waals surface area (Å²) in [4.78, 5) is 34.6. The number of carbonyl (C=O) groups excluding carboxylic acids is 3. The first-order chi connectivity index (χ1) is 12.3. The fraction of sp³-hybridized carbons (Fsp3) is 0.150. The van der Waals surface area contributed by atoms with E-state index in [-0.39, 0.29) is 17.2 Å². The first-order valence-electron chi connectivity index (χ1n) is 7.90. The van der Waals surface area contributed by atoms with Gasteiger partial charge in [-0.2, -0.15) is 0 Å². The van der Waals surface area contributed by atoms with E-state index in [1.54, 1.807) is 6.07 Å². The van der Waals surface area contributed by atoms with E-state index in [4.69, 9.17) is 14.2 Å². The van der Waals surface area contributed by atoms with Gasteiger partial charge in [-0.25, -0.2) is 0 Å². The van der Waals surface area contributed by atoms with Crippen LogP contribution in [0.5, 0.6) is 17.2 Å². The van der Waals surface area contributed by atoms with Gasteiger partial charge in [0.1, 0.15) is 0 Å². The van der Waals surface area contributed by atoms with Crippen molar-refractivity contribution in [3.63, 3.8) is 0 Å². The molecule has 0 saturated heterocycles. The predicted octanol–water partition coefficient (Wildman–Crippen LogP) is 3.77. The van der Waals surface area contributed by atoms with Crippen LogP contribution in [0.4, 0.5) is 0 Å². The van der Waals surface area contributed by atoms with Crippen molar-refractivity contribution >= 4 is 39.5 Å². The Morgan fingerprint density at radius 3 is 1.77 bits per heavy atom. The van der Waals surface area contributed by atoms with Gasteiger partial charge in [-0.15, -0.1) is 0 Å². The van der Waals surface area contributed by atoms with E-state index in [1.165, 1.54) is 20.8 Å². The van der Waals surface area contributed by atoms with Crippen molar-refractivity contribution < 1.29 is 28.6 Å². The fourth-order valence-corrected chi connectivity index (χ4v) is 2.73. The van der Waals surface area contributed by atoms with E-state index in [0.29, 0.717) is 10.8 Å². The summed E-state index contributed by atoms with van der Waals surface area (Å²) in [5.74, 6) is -1.88. The van der Waals surface area contributed by atoms with Crippen LogP contribution in [0.2, 0.25) is 0 Å². The van der Waals surface area contributed by atoms with Crippen molar-refractivity contribution in [2.24, 2.45) is 0 Å². The van der Waals surface area contributed by atoms with Crippen LogP contribution in [0, 0.1) is 0 Å². The molecule has 3 aromatic rings. The normalized spacial score (nSPS) is 10.6. The van der Waals surface area contributed by atoms with Crippen LogP contribution >= 0.6 is 0 Å². The maximum absolute atomic E-state index is 11.6. The van der Waals surface area contributed by atoms with Crippen molar-refractivity contribution in [3.8, 4) is 17.2 Å². The smallest absolute Gasteiger partial charge is 0.308 e. The average molecular weight is 352 g/mol. The third kappa shape index (κ3) is 3.49. The second kappa shape index (κ2) is 6.84. The summed E-state index contributed by atoms with van der Waals surface area (Å²) < 4.78 is 15.7. The minimum absolute atomic E-state index is 0.00623. The molecule has 0 aliphatic rings. The third-order valence-electron chi connectivity index (χ3n) is 3.62. The van der Waals surface area contributed by atoms with E-state index in [9.17, 15) is 14.4 Å². The minimum Gasteiger partial charge on any atom is -0.423 e. The molecular weight excluding hydrogens is 336 g/mol. The van der Waals surface area contributed by atoms with Gasteiger partial charge in [0.25, 0.3) is 0 Å². The van der Waals surface area contributed by atoms with Crippen molar-refractivity contribution in [2.75, 3.05) is 0 Å². The molecule has 6 heteroatoms. The Morgan fingerprint density at radius 1 is 0.654 bits per heavy atom. The zero-order valence-corrected chi connectivity index (χ0v) is 14.5. The van der Waals surface area contributed by atoms with Crippen molar-refractivity contribution in [3.05, 3.63) is 42.5 Å². The molecule has 0 unspecified atom stereocenters. The number of hydrogen-bond donors (Lipinski definition) is 0. The molecular formula is C20H16O6. The molecule has 3 aromatic carbocycles. The lowest BCUT2D eigenvalue weighted by Gasteiger charge is -2.16. The molecule has 6 nitrogen and oxygen atoms in total. The Kier molecular flexibility index (Phi) is 4.58. The molecule has 0 bridgehead atoms. The first kappa shape index (κ1) is 17.4. The Bertz CT molecular complexity index is 1050. The highest BCUT2D eigenvalue weighted by atomic mass is 16.6. The summed E-state index contributed by atoms with van der Waals surface area (Å²) in [6.45, 7) is 3.68. The molecule has 0 aromatic heterocycles. The second-order valence-electron chi connectivity index (χ2n) is 5.73. The van der Waals surface area contributed by atoms with Gasteiger partial charge in [-0.3, -0.25) is 14.4 Å². The Morgan fingerprint density at radius 2 is 1.19 bits per heavy atom. The van der Waals surface area contributed by atoms with Gasteiger partial charge in [0.05, 0.1) is 0 Å². The van der Waals surface area contributed by atoms with Crippen LogP contribution in [0.15, 0.2) is 42.5 Å². The molecule has 3 rings (SSSR count). The van der Waals surface area contributed by atoms with E-state index in [2.05, 4.69) is 0 Å². The largest absolute Gasteiger partial charge is 0.423 e. The maximum Gasteiger partial charge on any atom is 0.308 e. The van der Waals surface area contributed by atoms with Crippen LogP contribution in [0.1, 0.15) is 20.8 Å². The summed E-state index contributed by atoms with van der Waals surface area (Å²) in [7, 11) is 0. The highest BCUT2D eigenvalue weighted by Crippen LogP contribution is 2.45. The monoisotopic (exact) mass is 352 g/mol. The number of benzene rings is 3. The molecule has 0 spiro atoms. The van der Waals surface area contributed by atoms with Crippen LogP contribution in [0.3, 0.4) is 0 Å². The number of hydrogen-bond acceptors (Lipinski definition) is 6. The van der Waals surface area contributed by atoms with Crippen molar-refractivity contribution in [1.29, 1.82) is 0 Å². The molecule has 0 N–H and O–H groups in total. The Hall–Kier alpha value is -3.41. The molecule has 0 atom stereocenters. The predicted molar refractivity (Wildman–Crippen MR) is 95.4 cm³/mol. The van der Waals surface area contributed by atoms with Gasteiger partial charge in [0.2, 0.25) is 5.75 Å². The molecule has 0 radical (unpaired) electrons. The summed E-state index contributed by atoms with van der Waals surface area (Å²) in [5, 5.41) is 3.11. The number of fused-ring (bicyclic) bond motifs is 2. The zero-order chi connectivity index (χ0) is 18.8. The van der Waals surface area contributed by atoms with Gasteiger partial charge >= 0.3 is 17.9 Å². The van der Waals surface area contributed by atoms with Crippen molar-refractivity contribution in [1.82, 2.24) is 0 Å². The molecule has 0 saturated carbocycles. The fourth-order valence-electron chi connectivity index (χ4n) is 2.73. The summed E-state index contributed by atoms with van der Waals surface area (Å²) in [5.41, 5.74) is 0. The minimum atomic E-state index is -0.632. The average Bonchev–Trinajstić information content (AvgIpc) is 2.55. The quantitative estimate of drug-likeness (QED) is 0.406. The lowest BCUT2D eigenvalue weighted by Crippen LogP contribution is -2.11. The highest BCUT2D eigenvalue weighted by Gasteiger charge is 2.22. The third-order valence-corrected chi connectivity index (χ3v) is 3.62. The Labute approximate surface area is 149 Å². The summed E-state index contributed by atoms with van der Waals surface area (Å²) in [6.07, 6.45) is 0. The highest BCUT2D eigenvalue weighted by molar-refractivity contribution is 6.04. The molecule has 0 heterocycles. The number of esters is 3. The SMILES string of the molecule is CC(=O)Oc1cc2cc3ccccc3cc2c(OC(C)=O)c1OC(C)=O. The van der Waals surface area contributed by atoms with Gasteiger partial charge in [0.15, 0.2) is 11.5 Å². The standard InChI is InChI=1S/C20H16O6/c1-11(21)24-18-10-16-8-14-6-4-5-7-15(14)9-17(16)19(25-12(2)22)20(18)26-13(3)23/h4-10H,1-3H3. The number of ether oxygens (including phenoxy) is 3. The van der Waals surface area contributed by atoms with Crippen LogP contribution in [-0.4, -0.2) is 17.9 Å². The second-order valence-corrected chi connectivity index (χ2v) is 5.73. The summed E-state index contributed by atoms with van der Waals surface area (Å²) in [6, 6.07) is 12.9. The van der Waals surface area contributed by atoms with E-state index < -0.39 is 17.9 Å². The zero-order valence-electron chi connectivity index (χ0n) is 14.5. The molecule has 0 aliphatic heterocycles. The van der Waals surface area contributed by atoms with E-state index in [1.807, 2.05) is 36.4 Å². The number of rotatable bonds is 3. The van der Waals surface area contributed by atoms with E-state index in [0.717, 1.165) is 10.8 Å². The van der Waals surface area contributed by atoms with Crippen LogP contribution in [0.25, 0.3) is 21.5 Å². The van der Waals surface area contributed by atoms with Crippen LogP contribution in [-0.2, 0) is 14.4 Å². The van der Waals surface area contributed by atoms with Gasteiger partial charge in [-0.05, 0) is 34.4 Å². The molecule has 0 fully saturated rings. The molecule has 132 valence electrons. The van der Waals surface area contributed by atoms with Gasteiger partial charge in [-0.1, -0.05) is 24.3 Å². The summed E-state index contributed by atoms with van der Waals surface area (Å²) >= 11 is 0. The molecule has 0 amide bonds.